The highest BCUT2D eigenvalue weighted by atomic mass is 16.6. The lowest BCUT2D eigenvalue weighted by Gasteiger charge is -2.26. The molecule has 29 heavy (non-hydrogen) atoms. The maximum atomic E-state index is 12.6. The van der Waals surface area contributed by atoms with Gasteiger partial charge in [0.25, 0.3) is 5.91 Å². The third-order valence-corrected chi connectivity index (χ3v) is 5.07. The number of nitrogens with one attached hydrogen (secondary N) is 1. The molecule has 1 amide bonds. The van der Waals surface area contributed by atoms with E-state index in [4.69, 9.17) is 14.2 Å². The number of hydrogen-bond acceptors (Lipinski definition) is 5. The highest BCUT2D eigenvalue weighted by Crippen LogP contribution is 2.31. The molecule has 0 bridgehead atoms. The lowest BCUT2D eigenvalue weighted by Crippen LogP contribution is -2.42. The van der Waals surface area contributed by atoms with Crippen LogP contribution in [0.3, 0.4) is 0 Å². The second-order valence-electron chi connectivity index (χ2n) is 7.18. The second-order valence-corrected chi connectivity index (χ2v) is 7.18. The number of fused-ring (bicyclic) bond motifs is 1. The van der Waals surface area contributed by atoms with Crippen LogP contribution in [0, 0.1) is 5.92 Å². The van der Waals surface area contributed by atoms with E-state index in [1.165, 1.54) is 0 Å². The number of amides is 1. The summed E-state index contributed by atoms with van der Waals surface area (Å²) in [5, 5.41) is 2.74. The van der Waals surface area contributed by atoms with Gasteiger partial charge in [-0.1, -0.05) is 62.7 Å². The molecular formula is C23H27NO5. The van der Waals surface area contributed by atoms with Crippen LogP contribution in [0.4, 0.5) is 0 Å². The van der Waals surface area contributed by atoms with E-state index in [1.54, 1.807) is 0 Å². The van der Waals surface area contributed by atoms with E-state index in [2.05, 4.69) is 5.32 Å². The molecule has 0 saturated heterocycles. The van der Waals surface area contributed by atoms with Crippen molar-refractivity contribution >= 4 is 11.9 Å². The summed E-state index contributed by atoms with van der Waals surface area (Å²) in [5.41, 5.74) is 0.902. The molecule has 1 aliphatic heterocycles. The van der Waals surface area contributed by atoms with Crippen LogP contribution in [0.5, 0.6) is 11.5 Å². The standard InChI is InChI=1S/C23H27NO5/c1-3-16(2)22(17-9-5-4-6-10-17)23(26)28-15-21(25)24-13-18-14-27-19-11-7-8-12-20(19)29-18/h4-12,16,18,22H,3,13-15H2,1-2H3,(H,24,25). The first-order valence-corrected chi connectivity index (χ1v) is 9.95. The Bertz CT molecular complexity index is 823. The van der Waals surface area contributed by atoms with Gasteiger partial charge in [0.1, 0.15) is 12.7 Å². The fraction of sp³-hybridized carbons (Fsp3) is 0.391. The molecule has 6 heteroatoms. The van der Waals surface area contributed by atoms with Gasteiger partial charge in [0, 0.05) is 0 Å². The van der Waals surface area contributed by atoms with Crippen molar-refractivity contribution in [3.8, 4) is 11.5 Å². The molecule has 3 rings (SSSR count). The summed E-state index contributed by atoms with van der Waals surface area (Å²) in [6, 6.07) is 16.9. The van der Waals surface area contributed by atoms with Crippen LogP contribution in [0.1, 0.15) is 31.7 Å². The zero-order chi connectivity index (χ0) is 20.6. The summed E-state index contributed by atoms with van der Waals surface area (Å²) < 4.78 is 16.7. The zero-order valence-corrected chi connectivity index (χ0v) is 16.8. The van der Waals surface area contributed by atoms with E-state index in [-0.39, 0.29) is 43.0 Å². The Morgan fingerprint density at radius 3 is 2.52 bits per heavy atom. The molecule has 154 valence electrons. The Hall–Kier alpha value is -3.02. The fourth-order valence-electron chi connectivity index (χ4n) is 3.26. The number of rotatable bonds is 8. The highest BCUT2D eigenvalue weighted by molar-refractivity contribution is 5.83. The van der Waals surface area contributed by atoms with Gasteiger partial charge < -0.3 is 19.5 Å². The number of esters is 1. The van der Waals surface area contributed by atoms with Crippen LogP contribution >= 0.6 is 0 Å². The first-order valence-electron chi connectivity index (χ1n) is 9.95. The number of hydrogen-bond donors (Lipinski definition) is 1. The molecule has 2 aromatic carbocycles. The molecule has 0 radical (unpaired) electrons. The second kappa shape index (κ2) is 9.96. The van der Waals surface area contributed by atoms with Gasteiger partial charge >= 0.3 is 5.97 Å². The largest absolute Gasteiger partial charge is 0.486 e. The molecule has 3 atom stereocenters. The number of para-hydroxylation sites is 2. The average Bonchev–Trinajstić information content (AvgIpc) is 2.76. The normalized spacial score (nSPS) is 17.1. The van der Waals surface area contributed by atoms with Crippen molar-refractivity contribution in [2.45, 2.75) is 32.3 Å². The van der Waals surface area contributed by atoms with Crippen molar-refractivity contribution in [1.82, 2.24) is 5.32 Å². The summed E-state index contributed by atoms with van der Waals surface area (Å²) in [7, 11) is 0. The third kappa shape index (κ3) is 5.50. The van der Waals surface area contributed by atoms with E-state index in [0.717, 1.165) is 12.0 Å². The minimum absolute atomic E-state index is 0.112. The topological polar surface area (TPSA) is 73.9 Å². The molecule has 3 unspecified atom stereocenters. The van der Waals surface area contributed by atoms with Gasteiger partial charge in [-0.2, -0.15) is 0 Å². The molecule has 0 aliphatic carbocycles. The third-order valence-electron chi connectivity index (χ3n) is 5.07. The maximum absolute atomic E-state index is 12.6. The molecule has 1 N–H and O–H groups in total. The number of carbonyl (C=O) groups is 2. The van der Waals surface area contributed by atoms with Crippen LogP contribution in [0.2, 0.25) is 0 Å². The van der Waals surface area contributed by atoms with Crippen molar-refractivity contribution in [2.24, 2.45) is 5.92 Å². The van der Waals surface area contributed by atoms with E-state index < -0.39 is 0 Å². The van der Waals surface area contributed by atoms with Crippen molar-refractivity contribution in [1.29, 1.82) is 0 Å². The predicted octanol–water partition coefficient (Wildman–Crippen LogP) is 3.32. The molecule has 2 aromatic rings. The Balaban J connectivity index is 1.47. The maximum Gasteiger partial charge on any atom is 0.314 e. The molecule has 0 aromatic heterocycles. The monoisotopic (exact) mass is 397 g/mol. The predicted molar refractivity (Wildman–Crippen MR) is 109 cm³/mol. The van der Waals surface area contributed by atoms with E-state index in [9.17, 15) is 9.59 Å². The SMILES string of the molecule is CCC(C)C(C(=O)OCC(=O)NCC1COc2ccccc2O1)c1ccccc1. The molecule has 0 saturated carbocycles. The first kappa shape index (κ1) is 20.7. The summed E-state index contributed by atoms with van der Waals surface area (Å²) in [6.45, 7) is 4.35. The number of ether oxygens (including phenoxy) is 3. The Labute approximate surface area is 171 Å². The minimum atomic E-state index is -0.388. The van der Waals surface area contributed by atoms with E-state index in [1.807, 2.05) is 68.4 Å². The lowest BCUT2D eigenvalue weighted by molar-refractivity contribution is -0.151. The number of benzene rings is 2. The molecule has 1 heterocycles. The zero-order valence-electron chi connectivity index (χ0n) is 16.8. The lowest BCUT2D eigenvalue weighted by atomic mass is 9.86. The fourth-order valence-corrected chi connectivity index (χ4v) is 3.26. The van der Waals surface area contributed by atoms with Gasteiger partial charge in [-0.3, -0.25) is 9.59 Å². The quantitative estimate of drug-likeness (QED) is 0.692. The summed E-state index contributed by atoms with van der Waals surface area (Å²) >= 11 is 0. The number of carbonyl (C=O) groups excluding carboxylic acids is 2. The molecule has 0 spiro atoms. The Morgan fingerprint density at radius 1 is 1.10 bits per heavy atom. The van der Waals surface area contributed by atoms with Crippen LogP contribution in [0.15, 0.2) is 54.6 Å². The van der Waals surface area contributed by atoms with Crippen molar-refractivity contribution < 1.29 is 23.8 Å². The van der Waals surface area contributed by atoms with Crippen molar-refractivity contribution in [3.63, 3.8) is 0 Å². The van der Waals surface area contributed by atoms with Gasteiger partial charge in [0.15, 0.2) is 18.1 Å². The van der Waals surface area contributed by atoms with Gasteiger partial charge in [-0.15, -0.1) is 0 Å². The van der Waals surface area contributed by atoms with Crippen LogP contribution in [0.25, 0.3) is 0 Å². The summed E-state index contributed by atoms with van der Waals surface area (Å²) in [5.74, 6) is 0.328. The van der Waals surface area contributed by atoms with Crippen molar-refractivity contribution in [2.75, 3.05) is 19.8 Å². The van der Waals surface area contributed by atoms with Gasteiger partial charge in [0.2, 0.25) is 0 Å². The highest BCUT2D eigenvalue weighted by Gasteiger charge is 2.28. The summed E-state index contributed by atoms with van der Waals surface area (Å²) in [4.78, 5) is 24.8. The first-order chi connectivity index (χ1) is 14.1. The van der Waals surface area contributed by atoms with Gasteiger partial charge in [-0.05, 0) is 23.6 Å². The van der Waals surface area contributed by atoms with Crippen LogP contribution in [-0.2, 0) is 14.3 Å². The van der Waals surface area contributed by atoms with E-state index in [0.29, 0.717) is 18.1 Å². The van der Waals surface area contributed by atoms with Crippen LogP contribution in [-0.4, -0.2) is 37.7 Å². The Morgan fingerprint density at radius 2 is 1.79 bits per heavy atom. The minimum Gasteiger partial charge on any atom is -0.486 e. The molecule has 6 nitrogen and oxygen atoms in total. The molecule has 0 fully saturated rings. The van der Waals surface area contributed by atoms with Gasteiger partial charge in [-0.25, -0.2) is 0 Å². The smallest absolute Gasteiger partial charge is 0.314 e. The van der Waals surface area contributed by atoms with Crippen molar-refractivity contribution in [3.05, 3.63) is 60.2 Å². The van der Waals surface area contributed by atoms with Crippen LogP contribution < -0.4 is 14.8 Å². The Kier molecular flexibility index (Phi) is 7.11. The molecular weight excluding hydrogens is 370 g/mol. The molecule has 1 aliphatic rings. The van der Waals surface area contributed by atoms with E-state index >= 15 is 0 Å². The average molecular weight is 397 g/mol. The van der Waals surface area contributed by atoms with Gasteiger partial charge in [0.05, 0.1) is 12.5 Å². The summed E-state index contributed by atoms with van der Waals surface area (Å²) in [6.07, 6.45) is 0.545.